The van der Waals surface area contributed by atoms with Gasteiger partial charge in [0.05, 0.1) is 27.0 Å². The molecule has 2 rings (SSSR count). The van der Waals surface area contributed by atoms with E-state index in [9.17, 15) is 4.79 Å². The molecule has 7 heteroatoms. The Hall–Kier alpha value is -2.16. The lowest BCUT2D eigenvalue weighted by Gasteiger charge is -2.15. The van der Waals surface area contributed by atoms with Gasteiger partial charge in [-0.3, -0.25) is 0 Å². The quantitative estimate of drug-likeness (QED) is 0.671. The molecule has 0 atom stereocenters. The second-order valence-electron chi connectivity index (χ2n) is 4.85. The van der Waals surface area contributed by atoms with E-state index in [-0.39, 0.29) is 6.03 Å². The zero-order valence-corrected chi connectivity index (χ0v) is 15.8. The topological polar surface area (TPSA) is 68.8 Å². The van der Waals surface area contributed by atoms with Gasteiger partial charge in [-0.1, -0.05) is 12.1 Å². The van der Waals surface area contributed by atoms with E-state index in [0.29, 0.717) is 29.5 Å². The number of ether oxygens (including phenoxy) is 3. The van der Waals surface area contributed by atoms with Crippen molar-refractivity contribution in [2.24, 2.45) is 0 Å². The van der Waals surface area contributed by atoms with Gasteiger partial charge in [-0.2, -0.15) is 0 Å². The fourth-order valence-corrected chi connectivity index (χ4v) is 2.77. The molecule has 6 nitrogen and oxygen atoms in total. The third kappa shape index (κ3) is 4.67. The third-order valence-corrected chi connectivity index (χ3v) is 3.94. The number of methoxy groups -OCH3 is 3. The van der Waals surface area contributed by atoms with E-state index in [1.807, 2.05) is 24.3 Å². The van der Waals surface area contributed by atoms with Crippen molar-refractivity contribution < 1.29 is 19.0 Å². The van der Waals surface area contributed by atoms with Gasteiger partial charge >= 0.3 is 6.03 Å². The number of halogens is 1. The molecule has 2 aromatic rings. The molecule has 0 heterocycles. The second-order valence-corrected chi connectivity index (χ2v) is 6.10. The van der Waals surface area contributed by atoms with E-state index < -0.39 is 0 Å². The minimum atomic E-state index is -0.317. The highest BCUT2D eigenvalue weighted by atomic mass is 127. The van der Waals surface area contributed by atoms with E-state index in [1.165, 1.54) is 21.3 Å². The number of hydrogen-bond acceptors (Lipinski definition) is 4. The smallest absolute Gasteiger partial charge is 0.319 e. The van der Waals surface area contributed by atoms with Crippen LogP contribution in [0.3, 0.4) is 0 Å². The fourth-order valence-electron chi connectivity index (χ4n) is 2.16. The number of benzene rings is 2. The molecule has 0 aromatic heterocycles. The zero-order chi connectivity index (χ0) is 17.5. The van der Waals surface area contributed by atoms with E-state index in [1.54, 1.807) is 12.1 Å². The van der Waals surface area contributed by atoms with Crippen molar-refractivity contribution in [2.75, 3.05) is 26.6 Å². The van der Waals surface area contributed by atoms with E-state index in [0.717, 1.165) is 9.13 Å². The average Bonchev–Trinajstić information content (AvgIpc) is 2.59. The zero-order valence-electron chi connectivity index (χ0n) is 13.7. The van der Waals surface area contributed by atoms with Crippen molar-refractivity contribution >= 4 is 34.3 Å². The largest absolute Gasteiger partial charge is 0.493 e. The summed E-state index contributed by atoms with van der Waals surface area (Å²) in [5.74, 6) is 1.43. The van der Waals surface area contributed by atoms with Crippen molar-refractivity contribution in [1.82, 2.24) is 5.32 Å². The number of hydrogen-bond donors (Lipinski definition) is 2. The van der Waals surface area contributed by atoms with Crippen molar-refractivity contribution in [1.29, 1.82) is 0 Å². The van der Waals surface area contributed by atoms with Gasteiger partial charge in [-0.05, 0) is 40.3 Å². The van der Waals surface area contributed by atoms with E-state index in [2.05, 4.69) is 33.2 Å². The first kappa shape index (κ1) is 18.2. The van der Waals surface area contributed by atoms with Crippen LogP contribution in [-0.2, 0) is 6.54 Å². The minimum absolute atomic E-state index is 0.317. The molecule has 0 unspecified atom stereocenters. The van der Waals surface area contributed by atoms with Crippen LogP contribution in [0.5, 0.6) is 17.2 Å². The maximum Gasteiger partial charge on any atom is 0.319 e. The molecule has 2 aromatic carbocycles. The van der Waals surface area contributed by atoms with E-state index in [4.69, 9.17) is 14.2 Å². The monoisotopic (exact) mass is 442 g/mol. The molecule has 0 aliphatic rings. The molecule has 0 aliphatic carbocycles. The maximum absolute atomic E-state index is 12.1. The highest BCUT2D eigenvalue weighted by molar-refractivity contribution is 14.1. The molecule has 24 heavy (non-hydrogen) atoms. The number of anilines is 1. The lowest BCUT2D eigenvalue weighted by atomic mass is 10.2. The summed E-state index contributed by atoms with van der Waals surface area (Å²) in [4.78, 5) is 12.1. The Bertz CT molecular complexity index is 696. The van der Waals surface area contributed by atoms with Crippen LogP contribution in [0.4, 0.5) is 10.5 Å². The Morgan fingerprint density at radius 2 is 1.71 bits per heavy atom. The van der Waals surface area contributed by atoms with Gasteiger partial charge in [0.1, 0.15) is 0 Å². The lowest BCUT2D eigenvalue weighted by Crippen LogP contribution is -2.28. The van der Waals surface area contributed by atoms with Crippen LogP contribution in [0.1, 0.15) is 5.56 Å². The summed E-state index contributed by atoms with van der Waals surface area (Å²) < 4.78 is 16.9. The number of rotatable bonds is 6. The molecule has 0 saturated heterocycles. The maximum atomic E-state index is 12.1. The van der Waals surface area contributed by atoms with Crippen LogP contribution >= 0.6 is 22.6 Å². The molecule has 0 radical (unpaired) electrons. The molecular formula is C17H19IN2O4. The number of amides is 2. The van der Waals surface area contributed by atoms with Gasteiger partial charge in [0.25, 0.3) is 0 Å². The van der Waals surface area contributed by atoms with Gasteiger partial charge < -0.3 is 24.8 Å². The van der Waals surface area contributed by atoms with Crippen LogP contribution in [0, 0.1) is 3.57 Å². The highest BCUT2D eigenvalue weighted by Crippen LogP contribution is 2.39. The Morgan fingerprint density at radius 1 is 1.04 bits per heavy atom. The first-order valence-electron chi connectivity index (χ1n) is 7.16. The summed E-state index contributed by atoms with van der Waals surface area (Å²) in [6.07, 6.45) is 0. The van der Waals surface area contributed by atoms with Crippen LogP contribution in [0.25, 0.3) is 0 Å². The molecule has 0 aliphatic heterocycles. The van der Waals surface area contributed by atoms with Crippen LogP contribution in [0.15, 0.2) is 36.4 Å². The first-order chi connectivity index (χ1) is 11.6. The van der Waals surface area contributed by atoms with Gasteiger partial charge in [0.2, 0.25) is 5.75 Å². The third-order valence-electron chi connectivity index (χ3n) is 3.26. The fraction of sp³-hybridized carbons (Fsp3) is 0.235. The molecule has 2 N–H and O–H groups in total. The van der Waals surface area contributed by atoms with E-state index >= 15 is 0 Å². The Balaban J connectivity index is 2.05. The van der Waals surface area contributed by atoms with Gasteiger partial charge in [-0.25, -0.2) is 4.79 Å². The van der Waals surface area contributed by atoms with Crippen LogP contribution < -0.4 is 24.8 Å². The SMILES string of the molecule is COc1cc(NC(=O)NCc2cccc(I)c2)cc(OC)c1OC. The summed E-state index contributed by atoms with van der Waals surface area (Å²) in [6, 6.07) is 11.0. The molecule has 0 fully saturated rings. The Labute approximate surface area is 154 Å². The average molecular weight is 442 g/mol. The highest BCUT2D eigenvalue weighted by Gasteiger charge is 2.14. The normalized spacial score (nSPS) is 10.0. The second kappa shape index (κ2) is 8.62. The summed E-state index contributed by atoms with van der Waals surface area (Å²) in [5.41, 5.74) is 1.58. The van der Waals surface area contributed by atoms with Gasteiger partial charge in [0.15, 0.2) is 11.5 Å². The summed E-state index contributed by atoms with van der Waals surface area (Å²) in [5, 5.41) is 5.57. The molecule has 2 amide bonds. The number of carbonyl (C=O) groups excluding carboxylic acids is 1. The van der Waals surface area contributed by atoms with Gasteiger partial charge in [0, 0.05) is 22.2 Å². The molecule has 0 saturated carbocycles. The lowest BCUT2D eigenvalue weighted by molar-refractivity contribution is 0.251. The minimum Gasteiger partial charge on any atom is -0.493 e. The van der Waals surface area contributed by atoms with Crippen LogP contribution in [-0.4, -0.2) is 27.4 Å². The summed E-state index contributed by atoms with van der Waals surface area (Å²) in [7, 11) is 4.58. The van der Waals surface area contributed by atoms with Crippen molar-refractivity contribution in [3.63, 3.8) is 0 Å². The molecular weight excluding hydrogens is 423 g/mol. The van der Waals surface area contributed by atoms with Crippen molar-refractivity contribution in [3.8, 4) is 17.2 Å². The Morgan fingerprint density at radius 3 is 2.25 bits per heavy atom. The molecule has 0 bridgehead atoms. The standard InChI is InChI=1S/C17H19IN2O4/c1-22-14-8-13(9-15(23-2)16(14)24-3)20-17(21)19-10-11-5-4-6-12(18)7-11/h4-9H,10H2,1-3H3,(H2,19,20,21). The predicted octanol–water partition coefficient (Wildman–Crippen LogP) is 3.64. The number of urea groups is 1. The van der Waals surface area contributed by atoms with Gasteiger partial charge in [-0.15, -0.1) is 0 Å². The number of nitrogens with one attached hydrogen (secondary N) is 2. The number of carbonyl (C=O) groups is 1. The van der Waals surface area contributed by atoms with Crippen molar-refractivity contribution in [2.45, 2.75) is 6.54 Å². The van der Waals surface area contributed by atoms with Crippen LogP contribution in [0.2, 0.25) is 0 Å². The predicted molar refractivity (Wildman–Crippen MR) is 101 cm³/mol. The Kier molecular flexibility index (Phi) is 6.53. The molecule has 128 valence electrons. The summed E-state index contributed by atoms with van der Waals surface area (Å²) >= 11 is 2.24. The first-order valence-corrected chi connectivity index (χ1v) is 8.24. The van der Waals surface area contributed by atoms with Crippen molar-refractivity contribution in [3.05, 3.63) is 45.5 Å². The molecule has 0 spiro atoms. The summed E-state index contributed by atoms with van der Waals surface area (Å²) in [6.45, 7) is 0.438.